The number of carbonyl (C=O) groups is 1. The van der Waals surface area contributed by atoms with Gasteiger partial charge in [0.05, 0.1) is 16.4 Å². The van der Waals surface area contributed by atoms with Crippen LogP contribution in [0.3, 0.4) is 0 Å². The predicted octanol–water partition coefficient (Wildman–Crippen LogP) is 6.49. The minimum atomic E-state index is -1.05. The molecule has 1 aliphatic heterocycles. The third-order valence-corrected chi connectivity index (χ3v) is 7.49. The minimum absolute atomic E-state index is 0.0996. The number of unbranched alkanes of at least 4 members (excludes halogenated alkanes) is 1. The molecule has 0 saturated heterocycles. The summed E-state index contributed by atoms with van der Waals surface area (Å²) in [5.74, 6) is -0.766. The maximum atomic E-state index is 13.9. The van der Waals surface area contributed by atoms with Crippen LogP contribution in [0.15, 0.2) is 47.6 Å². The first kappa shape index (κ1) is 28.1. The Hall–Kier alpha value is -2.44. The van der Waals surface area contributed by atoms with E-state index >= 15 is 0 Å². The van der Waals surface area contributed by atoms with Crippen molar-refractivity contribution < 1.29 is 14.3 Å². The number of anilines is 1. The van der Waals surface area contributed by atoms with E-state index in [-0.39, 0.29) is 28.9 Å². The maximum absolute atomic E-state index is 13.9. The van der Waals surface area contributed by atoms with Gasteiger partial charge >= 0.3 is 0 Å². The fourth-order valence-electron chi connectivity index (χ4n) is 4.74. The Balaban J connectivity index is 2.01. The van der Waals surface area contributed by atoms with E-state index in [4.69, 9.17) is 16.7 Å². The maximum Gasteiger partial charge on any atom is 0.248 e. The molecule has 2 unspecified atom stereocenters. The van der Waals surface area contributed by atoms with Crippen LogP contribution < -0.4 is 10.3 Å². The van der Waals surface area contributed by atoms with Gasteiger partial charge in [-0.05, 0) is 62.3 Å². The van der Waals surface area contributed by atoms with Crippen LogP contribution in [0.5, 0.6) is 0 Å². The number of halogens is 2. The monoisotopic (exact) mass is 515 g/mol. The van der Waals surface area contributed by atoms with Crippen LogP contribution in [0.4, 0.5) is 10.1 Å². The third kappa shape index (κ3) is 6.09. The number of nitrogens with zero attached hydrogens (tertiary/aromatic N) is 2. The van der Waals surface area contributed by atoms with Crippen molar-refractivity contribution in [1.29, 1.82) is 0 Å². The topological polar surface area (TPSA) is 64.9 Å². The van der Waals surface area contributed by atoms with Crippen LogP contribution >= 0.6 is 11.6 Å². The molecular weight excluding hydrogens is 477 g/mol. The highest BCUT2D eigenvalue weighted by molar-refractivity contribution is 6.33. The van der Waals surface area contributed by atoms with Crippen molar-refractivity contribution in [2.75, 3.05) is 18.2 Å². The van der Waals surface area contributed by atoms with Gasteiger partial charge in [-0.2, -0.15) is 5.10 Å². The number of rotatable bonds is 11. The van der Waals surface area contributed by atoms with Crippen molar-refractivity contribution >= 4 is 28.9 Å². The molecule has 2 N–H and O–H groups in total. The summed E-state index contributed by atoms with van der Waals surface area (Å²) in [6.07, 6.45) is 4.24. The predicted molar refractivity (Wildman–Crippen MR) is 146 cm³/mol. The Kier molecular flexibility index (Phi) is 9.18. The lowest BCUT2D eigenvalue weighted by Gasteiger charge is -2.38. The second kappa shape index (κ2) is 11.7. The molecule has 7 heteroatoms. The van der Waals surface area contributed by atoms with Gasteiger partial charge in [0.2, 0.25) is 5.91 Å². The van der Waals surface area contributed by atoms with Gasteiger partial charge in [-0.15, -0.1) is 0 Å². The van der Waals surface area contributed by atoms with Gasteiger partial charge < -0.3 is 10.4 Å². The Labute approximate surface area is 219 Å². The number of hydrogen-bond donors (Lipinski definition) is 2. The number of hydrogen-bond acceptors (Lipinski definition) is 4. The summed E-state index contributed by atoms with van der Waals surface area (Å²) < 4.78 is 13.9. The number of benzene rings is 2. The summed E-state index contributed by atoms with van der Waals surface area (Å²) in [7, 11) is 0. The van der Waals surface area contributed by atoms with Gasteiger partial charge in [-0.3, -0.25) is 4.79 Å². The van der Waals surface area contributed by atoms with Gasteiger partial charge in [0, 0.05) is 19.1 Å². The number of amides is 1. The van der Waals surface area contributed by atoms with Gasteiger partial charge in [0.15, 0.2) is 0 Å². The fraction of sp³-hybridized carbons (Fsp3) is 0.517. The number of aryl methyl sites for hydroxylation is 1. The average molecular weight is 516 g/mol. The Bertz CT molecular complexity index is 1090. The van der Waals surface area contributed by atoms with Gasteiger partial charge in [-0.1, -0.05) is 75.0 Å². The summed E-state index contributed by atoms with van der Waals surface area (Å²) in [6.45, 7) is 10.7. The fourth-order valence-corrected chi connectivity index (χ4v) is 4.99. The summed E-state index contributed by atoms with van der Waals surface area (Å²) >= 11 is 6.49. The molecule has 196 valence electrons. The first-order chi connectivity index (χ1) is 17.0. The molecule has 36 heavy (non-hydrogen) atoms. The normalized spacial score (nSPS) is 19.9. The molecule has 1 amide bonds. The molecular formula is C29H39ClFN3O2. The van der Waals surface area contributed by atoms with Crippen LogP contribution in [-0.4, -0.2) is 35.4 Å². The largest absolute Gasteiger partial charge is 0.396 e. The van der Waals surface area contributed by atoms with E-state index in [1.807, 2.05) is 52.0 Å². The number of hydrazone groups is 1. The second-order valence-corrected chi connectivity index (χ2v) is 11.2. The first-order valence-electron chi connectivity index (χ1n) is 12.8. The van der Waals surface area contributed by atoms with Gasteiger partial charge in [0.1, 0.15) is 11.4 Å². The van der Waals surface area contributed by atoms with E-state index in [0.29, 0.717) is 12.2 Å². The zero-order chi connectivity index (χ0) is 26.5. The van der Waals surface area contributed by atoms with Crippen molar-refractivity contribution in [1.82, 2.24) is 5.32 Å². The molecule has 0 aliphatic carbocycles. The minimum Gasteiger partial charge on any atom is -0.396 e. The molecule has 1 aliphatic rings. The van der Waals surface area contributed by atoms with Crippen molar-refractivity contribution in [3.8, 4) is 0 Å². The third-order valence-electron chi connectivity index (χ3n) is 7.19. The summed E-state index contributed by atoms with van der Waals surface area (Å²) in [5.41, 5.74) is 2.20. The highest BCUT2D eigenvalue weighted by Gasteiger charge is 2.53. The Morgan fingerprint density at radius 2 is 1.92 bits per heavy atom. The number of aliphatic hydroxyl groups is 1. The van der Waals surface area contributed by atoms with E-state index in [0.717, 1.165) is 48.9 Å². The lowest BCUT2D eigenvalue weighted by atomic mass is 9.76. The smallest absolute Gasteiger partial charge is 0.248 e. The highest BCUT2D eigenvalue weighted by atomic mass is 35.5. The molecule has 5 nitrogen and oxygen atoms in total. The van der Waals surface area contributed by atoms with Crippen molar-refractivity contribution in [3.05, 3.63) is 64.4 Å². The highest BCUT2D eigenvalue weighted by Crippen LogP contribution is 2.44. The number of carbonyl (C=O) groups excluding carboxylic acids is 1. The molecule has 0 spiro atoms. The summed E-state index contributed by atoms with van der Waals surface area (Å²) in [6, 6.07) is 12.4. The molecule has 2 atom stereocenters. The van der Waals surface area contributed by atoms with E-state index < -0.39 is 11.4 Å². The van der Waals surface area contributed by atoms with Crippen LogP contribution in [0.2, 0.25) is 5.02 Å². The average Bonchev–Trinajstić information content (AvgIpc) is 3.14. The SMILES string of the molecule is CCCCC1C(c2ccc(C)cc2)=NN(c2ccc(F)cc2Cl)C1(C)C(=O)NCCCC(C)(C)CO. The lowest BCUT2D eigenvalue weighted by Crippen LogP contribution is -2.58. The standard InChI is InChI=1S/C29H39ClFN3O2/c1-6-7-9-23-26(21-12-10-20(2)11-13-21)33-34(25-15-14-22(31)18-24(25)30)29(23,5)27(36)32-17-8-16-28(3,4)19-35/h10-15,18,23,35H,6-9,16-17,19H2,1-5H3,(H,32,36). The van der Waals surface area contributed by atoms with Crippen molar-refractivity contribution in [2.45, 2.75) is 72.3 Å². The van der Waals surface area contributed by atoms with Crippen molar-refractivity contribution in [3.63, 3.8) is 0 Å². The molecule has 2 aromatic rings. The zero-order valence-electron chi connectivity index (χ0n) is 22.1. The van der Waals surface area contributed by atoms with Crippen LogP contribution in [-0.2, 0) is 4.79 Å². The van der Waals surface area contributed by atoms with E-state index in [9.17, 15) is 14.3 Å². The number of aliphatic hydroxyl groups excluding tert-OH is 1. The van der Waals surface area contributed by atoms with Crippen LogP contribution in [0, 0.1) is 24.1 Å². The molecule has 0 saturated carbocycles. The van der Waals surface area contributed by atoms with Gasteiger partial charge in [-0.25, -0.2) is 9.40 Å². The van der Waals surface area contributed by atoms with Crippen LogP contribution in [0.1, 0.15) is 70.9 Å². The molecule has 3 rings (SSSR count). The Morgan fingerprint density at radius 3 is 2.53 bits per heavy atom. The second-order valence-electron chi connectivity index (χ2n) is 10.8. The lowest BCUT2D eigenvalue weighted by molar-refractivity contribution is -0.126. The van der Waals surface area contributed by atoms with E-state index in [1.165, 1.54) is 12.1 Å². The van der Waals surface area contributed by atoms with Crippen molar-refractivity contribution in [2.24, 2.45) is 16.4 Å². The van der Waals surface area contributed by atoms with Gasteiger partial charge in [0.25, 0.3) is 0 Å². The number of nitrogens with one attached hydrogen (secondary N) is 1. The molecule has 0 bridgehead atoms. The Morgan fingerprint density at radius 1 is 1.22 bits per heavy atom. The molecule has 0 fully saturated rings. The first-order valence-corrected chi connectivity index (χ1v) is 13.2. The summed E-state index contributed by atoms with van der Waals surface area (Å²) in [4.78, 5) is 13.9. The molecule has 0 aromatic heterocycles. The summed E-state index contributed by atoms with van der Waals surface area (Å²) in [5, 5.41) is 19.6. The molecule has 1 heterocycles. The van der Waals surface area contributed by atoms with E-state index in [2.05, 4.69) is 12.2 Å². The molecule has 0 radical (unpaired) electrons. The molecule has 2 aromatic carbocycles. The zero-order valence-corrected chi connectivity index (χ0v) is 22.8. The quantitative estimate of drug-likeness (QED) is 0.336. The van der Waals surface area contributed by atoms with Crippen LogP contribution in [0.25, 0.3) is 0 Å². The van der Waals surface area contributed by atoms with E-state index in [1.54, 1.807) is 11.1 Å².